The second kappa shape index (κ2) is 8.58. The molecule has 112 valence electrons. The van der Waals surface area contributed by atoms with Crippen LogP contribution in [0, 0.1) is 0 Å². The molecule has 0 heterocycles. The van der Waals surface area contributed by atoms with E-state index < -0.39 is 0 Å². The van der Waals surface area contributed by atoms with Gasteiger partial charge in [-0.1, -0.05) is 38.3 Å². The van der Waals surface area contributed by atoms with Crippen molar-refractivity contribution in [3.8, 4) is 5.75 Å². The summed E-state index contributed by atoms with van der Waals surface area (Å²) in [6.07, 6.45) is 8.01. The Labute approximate surface area is 127 Å². The van der Waals surface area contributed by atoms with Crippen molar-refractivity contribution < 1.29 is 4.74 Å². The third-order valence-corrected chi connectivity index (χ3v) is 5.34. The summed E-state index contributed by atoms with van der Waals surface area (Å²) >= 11 is 2.06. The molecule has 20 heavy (non-hydrogen) atoms. The SMILES string of the molecule is CCCOc1ccc(C(N)CSC2CCCCC2)cc1. The van der Waals surface area contributed by atoms with Gasteiger partial charge in [0.15, 0.2) is 0 Å². The molecule has 0 radical (unpaired) electrons. The van der Waals surface area contributed by atoms with Crippen molar-refractivity contribution in [2.45, 2.75) is 56.7 Å². The van der Waals surface area contributed by atoms with E-state index in [0.29, 0.717) is 0 Å². The van der Waals surface area contributed by atoms with Crippen molar-refractivity contribution in [2.24, 2.45) is 5.73 Å². The molecule has 0 amide bonds. The number of hydrogen-bond donors (Lipinski definition) is 1. The molecule has 1 aromatic rings. The van der Waals surface area contributed by atoms with Crippen LogP contribution in [0.4, 0.5) is 0 Å². The molecule has 0 saturated heterocycles. The molecule has 2 rings (SSSR count). The van der Waals surface area contributed by atoms with E-state index in [0.717, 1.165) is 29.8 Å². The summed E-state index contributed by atoms with van der Waals surface area (Å²) in [5.41, 5.74) is 7.52. The number of ether oxygens (including phenoxy) is 1. The Balaban J connectivity index is 1.77. The van der Waals surface area contributed by atoms with Crippen LogP contribution in [0.5, 0.6) is 5.75 Å². The maximum Gasteiger partial charge on any atom is 0.119 e. The predicted molar refractivity (Wildman–Crippen MR) is 88.5 cm³/mol. The van der Waals surface area contributed by atoms with E-state index in [1.807, 2.05) is 12.1 Å². The van der Waals surface area contributed by atoms with Gasteiger partial charge in [0.1, 0.15) is 5.75 Å². The number of benzene rings is 1. The van der Waals surface area contributed by atoms with E-state index in [-0.39, 0.29) is 6.04 Å². The predicted octanol–water partition coefficient (Wildman–Crippen LogP) is 4.54. The summed E-state index contributed by atoms with van der Waals surface area (Å²) in [5.74, 6) is 1.97. The van der Waals surface area contributed by atoms with E-state index in [4.69, 9.17) is 10.5 Å². The molecule has 1 aliphatic carbocycles. The standard InChI is InChI=1S/C17H27NOS/c1-2-12-19-15-10-8-14(9-11-15)17(18)13-20-16-6-4-3-5-7-16/h8-11,16-17H,2-7,12-13,18H2,1H3. The van der Waals surface area contributed by atoms with Crippen molar-refractivity contribution in [3.05, 3.63) is 29.8 Å². The first-order valence-electron chi connectivity index (χ1n) is 7.89. The molecule has 0 bridgehead atoms. The van der Waals surface area contributed by atoms with Gasteiger partial charge in [-0.15, -0.1) is 0 Å². The number of nitrogens with two attached hydrogens (primary N) is 1. The summed E-state index contributed by atoms with van der Waals surface area (Å²) in [6.45, 7) is 2.90. The normalized spacial score (nSPS) is 17.9. The molecule has 1 aliphatic rings. The molecule has 1 unspecified atom stereocenters. The molecule has 2 nitrogen and oxygen atoms in total. The molecule has 0 spiro atoms. The number of hydrogen-bond acceptors (Lipinski definition) is 3. The average molecular weight is 293 g/mol. The van der Waals surface area contributed by atoms with Crippen molar-refractivity contribution >= 4 is 11.8 Å². The van der Waals surface area contributed by atoms with Crippen molar-refractivity contribution in [3.63, 3.8) is 0 Å². The topological polar surface area (TPSA) is 35.2 Å². The second-order valence-electron chi connectivity index (χ2n) is 5.62. The first kappa shape index (κ1) is 15.7. The van der Waals surface area contributed by atoms with Crippen LogP contribution in [0.25, 0.3) is 0 Å². The lowest BCUT2D eigenvalue weighted by molar-refractivity contribution is 0.317. The Morgan fingerprint density at radius 2 is 1.90 bits per heavy atom. The fourth-order valence-corrected chi connectivity index (χ4v) is 3.94. The Hall–Kier alpha value is -0.670. The van der Waals surface area contributed by atoms with Gasteiger partial charge in [0.25, 0.3) is 0 Å². The van der Waals surface area contributed by atoms with Crippen LogP contribution in [0.3, 0.4) is 0 Å². The van der Waals surface area contributed by atoms with Gasteiger partial charge < -0.3 is 10.5 Å². The Kier molecular flexibility index (Phi) is 6.74. The zero-order chi connectivity index (χ0) is 14.2. The zero-order valence-corrected chi connectivity index (χ0v) is 13.3. The fourth-order valence-electron chi connectivity index (χ4n) is 2.60. The maximum absolute atomic E-state index is 6.30. The maximum atomic E-state index is 6.30. The van der Waals surface area contributed by atoms with Crippen molar-refractivity contribution in [1.82, 2.24) is 0 Å². The zero-order valence-electron chi connectivity index (χ0n) is 12.5. The summed E-state index contributed by atoms with van der Waals surface area (Å²) in [5, 5.41) is 0.835. The van der Waals surface area contributed by atoms with E-state index in [9.17, 15) is 0 Å². The lowest BCUT2D eigenvalue weighted by atomic mass is 10.0. The van der Waals surface area contributed by atoms with Gasteiger partial charge in [-0.05, 0) is 37.0 Å². The van der Waals surface area contributed by atoms with Crippen molar-refractivity contribution in [1.29, 1.82) is 0 Å². The summed E-state index contributed by atoms with van der Waals surface area (Å²) in [4.78, 5) is 0. The molecular weight excluding hydrogens is 266 g/mol. The summed E-state index contributed by atoms with van der Waals surface area (Å²) in [7, 11) is 0. The van der Waals surface area contributed by atoms with Crippen LogP contribution in [0.1, 0.15) is 57.1 Å². The van der Waals surface area contributed by atoms with Crippen molar-refractivity contribution in [2.75, 3.05) is 12.4 Å². The van der Waals surface area contributed by atoms with Gasteiger partial charge >= 0.3 is 0 Å². The second-order valence-corrected chi connectivity index (χ2v) is 6.95. The van der Waals surface area contributed by atoms with Crippen LogP contribution >= 0.6 is 11.8 Å². The monoisotopic (exact) mass is 293 g/mol. The molecule has 0 aliphatic heterocycles. The van der Waals surface area contributed by atoms with Gasteiger partial charge in [0, 0.05) is 17.0 Å². The molecule has 1 atom stereocenters. The molecule has 1 saturated carbocycles. The minimum atomic E-state index is 0.141. The van der Waals surface area contributed by atoms with Gasteiger partial charge in [0.2, 0.25) is 0 Å². The van der Waals surface area contributed by atoms with Gasteiger partial charge in [0.05, 0.1) is 6.61 Å². The highest BCUT2D eigenvalue weighted by Crippen LogP contribution is 2.30. The molecule has 0 aromatic heterocycles. The van der Waals surface area contributed by atoms with E-state index >= 15 is 0 Å². The number of rotatable bonds is 7. The lowest BCUT2D eigenvalue weighted by Crippen LogP contribution is -2.17. The van der Waals surface area contributed by atoms with E-state index in [2.05, 4.69) is 30.8 Å². The van der Waals surface area contributed by atoms with Crippen LogP contribution in [0.15, 0.2) is 24.3 Å². The van der Waals surface area contributed by atoms with Crippen LogP contribution in [0.2, 0.25) is 0 Å². The fraction of sp³-hybridized carbons (Fsp3) is 0.647. The van der Waals surface area contributed by atoms with Crippen LogP contribution in [-0.4, -0.2) is 17.6 Å². The molecule has 2 N–H and O–H groups in total. The Morgan fingerprint density at radius 3 is 2.55 bits per heavy atom. The first-order chi connectivity index (χ1) is 9.79. The average Bonchev–Trinajstić information content (AvgIpc) is 2.52. The molecule has 3 heteroatoms. The third kappa shape index (κ3) is 5.02. The van der Waals surface area contributed by atoms with Gasteiger partial charge in [-0.3, -0.25) is 0 Å². The van der Waals surface area contributed by atoms with Gasteiger partial charge in [-0.25, -0.2) is 0 Å². The summed E-state index contributed by atoms with van der Waals surface area (Å²) < 4.78 is 5.60. The van der Waals surface area contributed by atoms with Crippen LogP contribution in [-0.2, 0) is 0 Å². The van der Waals surface area contributed by atoms with E-state index in [1.54, 1.807) is 0 Å². The Morgan fingerprint density at radius 1 is 1.20 bits per heavy atom. The molecule has 1 aromatic carbocycles. The van der Waals surface area contributed by atoms with Crippen LogP contribution < -0.4 is 10.5 Å². The highest BCUT2D eigenvalue weighted by atomic mass is 32.2. The van der Waals surface area contributed by atoms with Gasteiger partial charge in [-0.2, -0.15) is 11.8 Å². The Bertz CT molecular complexity index is 373. The highest BCUT2D eigenvalue weighted by Gasteiger charge is 2.15. The number of thioether (sulfide) groups is 1. The first-order valence-corrected chi connectivity index (χ1v) is 8.94. The largest absolute Gasteiger partial charge is 0.494 e. The minimum Gasteiger partial charge on any atom is -0.494 e. The third-order valence-electron chi connectivity index (χ3n) is 3.84. The smallest absolute Gasteiger partial charge is 0.119 e. The summed E-state index contributed by atoms with van der Waals surface area (Å²) in [6, 6.07) is 8.43. The highest BCUT2D eigenvalue weighted by molar-refractivity contribution is 7.99. The van der Waals surface area contributed by atoms with E-state index in [1.165, 1.54) is 37.7 Å². The quantitative estimate of drug-likeness (QED) is 0.801. The molecular formula is C17H27NOS. The minimum absolute atomic E-state index is 0.141. The lowest BCUT2D eigenvalue weighted by Gasteiger charge is -2.22. The molecule has 1 fully saturated rings.